The van der Waals surface area contributed by atoms with Gasteiger partial charge in [0.1, 0.15) is 0 Å². The second-order valence-corrected chi connectivity index (χ2v) is 6.15. The molecule has 0 aliphatic rings. The molecule has 0 aliphatic heterocycles. The van der Waals surface area contributed by atoms with Crippen molar-refractivity contribution < 1.29 is 8.42 Å². The van der Waals surface area contributed by atoms with E-state index in [0.29, 0.717) is 13.1 Å². The van der Waals surface area contributed by atoms with Gasteiger partial charge in [0.2, 0.25) is 10.0 Å². The van der Waals surface area contributed by atoms with E-state index in [9.17, 15) is 8.42 Å². The van der Waals surface area contributed by atoms with Crippen molar-refractivity contribution in [1.29, 1.82) is 0 Å². The van der Waals surface area contributed by atoms with Crippen LogP contribution >= 0.6 is 28.3 Å². The van der Waals surface area contributed by atoms with Gasteiger partial charge in [-0.3, -0.25) is 0 Å². The van der Waals surface area contributed by atoms with Crippen molar-refractivity contribution in [3.8, 4) is 0 Å². The van der Waals surface area contributed by atoms with E-state index in [2.05, 4.69) is 26.0 Å². The zero-order valence-electron chi connectivity index (χ0n) is 9.66. The molecule has 0 atom stereocenters. The van der Waals surface area contributed by atoms with Gasteiger partial charge in [0.15, 0.2) is 0 Å². The second kappa shape index (κ2) is 7.33. The lowest BCUT2D eigenvalue weighted by Crippen LogP contribution is -2.30. The number of halogens is 2. The lowest BCUT2D eigenvalue weighted by atomic mass is 10.2. The first-order valence-corrected chi connectivity index (χ1v) is 7.15. The summed E-state index contributed by atoms with van der Waals surface area (Å²) in [5.74, 6) is 0. The third kappa shape index (κ3) is 5.35. The van der Waals surface area contributed by atoms with Crippen LogP contribution in [-0.4, -0.2) is 28.6 Å². The predicted octanol–water partition coefficient (Wildman–Crippen LogP) is 1.68. The number of nitrogens with one attached hydrogen (secondary N) is 2. The van der Waals surface area contributed by atoms with Crippen LogP contribution in [0.1, 0.15) is 5.56 Å². The van der Waals surface area contributed by atoms with Gasteiger partial charge in [0, 0.05) is 17.6 Å². The summed E-state index contributed by atoms with van der Waals surface area (Å²) in [7, 11) is -1.62. The van der Waals surface area contributed by atoms with Crippen LogP contribution in [0, 0.1) is 6.92 Å². The van der Waals surface area contributed by atoms with E-state index in [1.807, 2.05) is 13.0 Å². The van der Waals surface area contributed by atoms with E-state index in [1.165, 1.54) is 0 Å². The number of benzene rings is 1. The van der Waals surface area contributed by atoms with Crippen molar-refractivity contribution in [2.45, 2.75) is 11.8 Å². The van der Waals surface area contributed by atoms with E-state index >= 15 is 0 Å². The van der Waals surface area contributed by atoms with Crippen LogP contribution in [0.5, 0.6) is 0 Å². The maximum absolute atomic E-state index is 11.9. The molecule has 0 bridgehead atoms. The Morgan fingerprint density at radius 3 is 2.41 bits per heavy atom. The number of hydrogen-bond donors (Lipinski definition) is 2. The van der Waals surface area contributed by atoms with Gasteiger partial charge in [0.05, 0.1) is 4.90 Å². The molecule has 4 nitrogen and oxygen atoms in total. The fourth-order valence-corrected chi connectivity index (χ4v) is 3.17. The van der Waals surface area contributed by atoms with Crippen molar-refractivity contribution in [2.75, 3.05) is 20.1 Å². The highest BCUT2D eigenvalue weighted by Crippen LogP contribution is 2.18. The number of hydrogen-bond acceptors (Lipinski definition) is 3. The fourth-order valence-electron chi connectivity index (χ4n) is 1.25. The Balaban J connectivity index is 0.00000256. The first-order valence-electron chi connectivity index (χ1n) is 4.87. The number of sulfonamides is 1. The van der Waals surface area contributed by atoms with E-state index in [1.54, 1.807) is 19.2 Å². The summed E-state index contributed by atoms with van der Waals surface area (Å²) in [6, 6.07) is 5.10. The van der Waals surface area contributed by atoms with Gasteiger partial charge in [-0.1, -0.05) is 15.9 Å². The normalized spacial score (nSPS) is 11.0. The molecule has 98 valence electrons. The highest BCUT2D eigenvalue weighted by Gasteiger charge is 2.13. The highest BCUT2D eigenvalue weighted by molar-refractivity contribution is 9.10. The quantitative estimate of drug-likeness (QED) is 0.800. The molecule has 0 fully saturated rings. The molecule has 2 N–H and O–H groups in total. The Bertz CT molecular complexity index is 445. The van der Waals surface area contributed by atoms with E-state index in [0.717, 1.165) is 10.0 Å². The molecule has 7 heteroatoms. The summed E-state index contributed by atoms with van der Waals surface area (Å²) in [6.45, 7) is 2.84. The topological polar surface area (TPSA) is 58.2 Å². The third-order valence-electron chi connectivity index (χ3n) is 1.99. The van der Waals surface area contributed by atoms with Gasteiger partial charge in [0.25, 0.3) is 0 Å². The minimum absolute atomic E-state index is 0. The second-order valence-electron chi connectivity index (χ2n) is 3.47. The first kappa shape index (κ1) is 16.9. The van der Waals surface area contributed by atoms with Crippen LogP contribution in [0.15, 0.2) is 27.6 Å². The Hall–Kier alpha value is -0.140. The van der Waals surface area contributed by atoms with Gasteiger partial charge in [-0.25, -0.2) is 13.1 Å². The molecule has 0 saturated heterocycles. The van der Waals surface area contributed by atoms with Crippen molar-refractivity contribution in [1.82, 2.24) is 10.0 Å². The molecule has 0 heterocycles. The average molecular weight is 344 g/mol. The van der Waals surface area contributed by atoms with Gasteiger partial charge in [-0.15, -0.1) is 12.4 Å². The Kier molecular flexibility index (Phi) is 7.27. The zero-order valence-corrected chi connectivity index (χ0v) is 12.9. The van der Waals surface area contributed by atoms with Crippen LogP contribution in [0.25, 0.3) is 0 Å². The molecule has 1 aromatic rings. The van der Waals surface area contributed by atoms with Gasteiger partial charge >= 0.3 is 0 Å². The van der Waals surface area contributed by atoms with Gasteiger partial charge in [-0.2, -0.15) is 0 Å². The van der Waals surface area contributed by atoms with Crippen molar-refractivity contribution in [3.05, 3.63) is 28.2 Å². The lowest BCUT2D eigenvalue weighted by Gasteiger charge is -2.07. The lowest BCUT2D eigenvalue weighted by molar-refractivity contribution is 0.579. The van der Waals surface area contributed by atoms with Crippen LogP contribution in [-0.2, 0) is 10.0 Å². The van der Waals surface area contributed by atoms with Crippen LogP contribution in [0.4, 0.5) is 0 Å². The molecular formula is C10H16BrClN2O2S. The monoisotopic (exact) mass is 342 g/mol. The predicted molar refractivity (Wildman–Crippen MR) is 75.2 cm³/mol. The largest absolute Gasteiger partial charge is 0.318 e. The van der Waals surface area contributed by atoms with Crippen molar-refractivity contribution in [2.24, 2.45) is 0 Å². The van der Waals surface area contributed by atoms with Crippen LogP contribution in [0.3, 0.4) is 0 Å². The Morgan fingerprint density at radius 1 is 1.24 bits per heavy atom. The summed E-state index contributed by atoms with van der Waals surface area (Å²) < 4.78 is 27.0. The molecular weight excluding hydrogens is 328 g/mol. The van der Waals surface area contributed by atoms with Gasteiger partial charge in [-0.05, 0) is 37.7 Å². The van der Waals surface area contributed by atoms with E-state index < -0.39 is 10.0 Å². The van der Waals surface area contributed by atoms with Crippen molar-refractivity contribution >= 4 is 38.4 Å². The minimum Gasteiger partial charge on any atom is -0.318 e. The SMILES string of the molecule is CNCCNS(=O)(=O)c1cc(C)cc(Br)c1.Cl. The summed E-state index contributed by atoms with van der Waals surface area (Å²) >= 11 is 3.28. The maximum Gasteiger partial charge on any atom is 0.240 e. The van der Waals surface area contributed by atoms with Gasteiger partial charge < -0.3 is 5.32 Å². The molecule has 0 spiro atoms. The molecule has 0 amide bonds. The molecule has 0 unspecified atom stereocenters. The smallest absolute Gasteiger partial charge is 0.240 e. The Labute approximate surface area is 117 Å². The minimum atomic E-state index is -3.40. The number of likely N-dealkylation sites (N-methyl/N-ethyl adjacent to an activating group) is 1. The molecule has 0 radical (unpaired) electrons. The molecule has 1 aromatic carbocycles. The summed E-state index contributed by atoms with van der Waals surface area (Å²) in [5.41, 5.74) is 0.906. The van der Waals surface area contributed by atoms with E-state index in [-0.39, 0.29) is 17.3 Å². The number of aryl methyl sites for hydroxylation is 1. The molecule has 1 rings (SSSR count). The zero-order chi connectivity index (χ0) is 12.2. The molecule has 17 heavy (non-hydrogen) atoms. The van der Waals surface area contributed by atoms with Crippen LogP contribution < -0.4 is 10.0 Å². The molecule has 0 aliphatic carbocycles. The first-order chi connectivity index (χ1) is 7.45. The van der Waals surface area contributed by atoms with Crippen molar-refractivity contribution in [3.63, 3.8) is 0 Å². The van der Waals surface area contributed by atoms with Crippen LogP contribution in [0.2, 0.25) is 0 Å². The standard InChI is InChI=1S/C10H15BrN2O2S.ClH/c1-8-5-9(11)7-10(6-8)16(14,15)13-4-3-12-2;/h5-7,12-13H,3-4H2,1-2H3;1H. The fraction of sp³-hybridized carbons (Fsp3) is 0.400. The van der Waals surface area contributed by atoms with E-state index in [4.69, 9.17) is 0 Å². The number of rotatable bonds is 5. The summed E-state index contributed by atoms with van der Waals surface area (Å²) in [6.07, 6.45) is 0. The Morgan fingerprint density at radius 2 is 1.88 bits per heavy atom. The molecule has 0 aromatic heterocycles. The summed E-state index contributed by atoms with van der Waals surface area (Å²) in [5, 5.41) is 2.88. The third-order valence-corrected chi connectivity index (χ3v) is 3.89. The molecule has 0 saturated carbocycles. The average Bonchev–Trinajstić information content (AvgIpc) is 2.16. The summed E-state index contributed by atoms with van der Waals surface area (Å²) in [4.78, 5) is 0.287. The highest BCUT2D eigenvalue weighted by atomic mass is 79.9. The maximum atomic E-state index is 11.9.